The Balaban J connectivity index is 2.33. The van der Waals surface area contributed by atoms with E-state index in [9.17, 15) is 32.4 Å². The van der Waals surface area contributed by atoms with Gasteiger partial charge in [-0.05, 0) is 41.4 Å². The van der Waals surface area contributed by atoms with Crippen molar-refractivity contribution in [2.45, 2.75) is 112 Å². The van der Waals surface area contributed by atoms with Gasteiger partial charge in [0.05, 0.1) is 12.3 Å². The van der Waals surface area contributed by atoms with Crippen LogP contribution in [0.1, 0.15) is 87.5 Å². The maximum Gasteiger partial charge on any atom is 0.315 e. The van der Waals surface area contributed by atoms with Crippen molar-refractivity contribution >= 4 is 39.6 Å². The number of urea groups is 1. The molecule has 2 rings (SSSR count). The molecule has 2 aliphatic rings. The fourth-order valence-corrected chi connectivity index (χ4v) is 6.31. The number of Topliss-reactive ketones (excluding diaryl/α,β-unsaturated/α-hetero) is 1. The van der Waals surface area contributed by atoms with E-state index in [0.717, 1.165) is 29.8 Å². The van der Waals surface area contributed by atoms with E-state index >= 15 is 0 Å². The SMILES string of the molecule is CC(C)[C@H]1CCN(C(=O)[C@@H](NC(=O)N[C@H](CN(C)S(C)(=O)=O)C(C)(C)C)C(C)(C)C)[C@@H]1C(=O)NC(CC1CCC1)C(=O)C(N)=O. The van der Waals surface area contributed by atoms with Crippen LogP contribution in [0.3, 0.4) is 0 Å². The Morgan fingerprint density at radius 1 is 0.933 bits per heavy atom. The first kappa shape index (κ1) is 38.4. The van der Waals surface area contributed by atoms with Crippen LogP contribution in [0, 0.1) is 28.6 Å². The van der Waals surface area contributed by atoms with Crippen LogP contribution in [-0.4, -0.2) is 97.7 Å². The molecule has 5 atom stereocenters. The number of likely N-dealkylation sites (tertiary alicyclic amines) is 1. The van der Waals surface area contributed by atoms with Gasteiger partial charge in [-0.15, -0.1) is 0 Å². The molecule has 0 aromatic rings. The normalized spacial score (nSPS) is 21.6. The van der Waals surface area contributed by atoms with Gasteiger partial charge >= 0.3 is 6.03 Å². The van der Waals surface area contributed by atoms with Crippen molar-refractivity contribution in [2.75, 3.05) is 26.4 Å². The number of hydrogen-bond donors (Lipinski definition) is 4. The number of carbonyl (C=O) groups is 5. The van der Waals surface area contributed by atoms with E-state index in [0.29, 0.717) is 12.8 Å². The summed E-state index contributed by atoms with van der Waals surface area (Å²) in [5.41, 5.74) is 4.03. The first-order valence-corrected chi connectivity index (χ1v) is 17.7. The lowest BCUT2D eigenvalue weighted by molar-refractivity contribution is -0.144. The highest BCUT2D eigenvalue weighted by molar-refractivity contribution is 7.88. The van der Waals surface area contributed by atoms with Crippen LogP contribution in [0.25, 0.3) is 0 Å². The standard InChI is InChI=1S/C31H56N6O7S/c1-18(2)20-14-15-37(23(20)27(40)33-21(24(38)26(32)39)16-19-12-11-13-19)28(41)25(31(6,7)8)35-29(42)34-22(30(3,4)5)17-36(9)45(10,43)44/h18-23,25H,11-17H2,1-10H3,(H2,32,39)(H,33,40)(H2,34,35,42)/t20-,21?,22-,23+,25-/m1/s1. The summed E-state index contributed by atoms with van der Waals surface area (Å²) < 4.78 is 25.3. The molecule has 1 aliphatic carbocycles. The first-order chi connectivity index (χ1) is 20.4. The number of nitrogens with zero attached hydrogens (tertiary/aromatic N) is 2. The molecule has 1 unspecified atom stereocenters. The smallest absolute Gasteiger partial charge is 0.315 e. The van der Waals surface area contributed by atoms with Gasteiger partial charge in [0, 0.05) is 26.2 Å². The fourth-order valence-electron chi connectivity index (χ4n) is 5.89. The molecule has 0 aromatic heterocycles. The summed E-state index contributed by atoms with van der Waals surface area (Å²) in [5, 5.41) is 8.43. The molecule has 2 fully saturated rings. The van der Waals surface area contributed by atoms with E-state index in [1.165, 1.54) is 11.9 Å². The molecule has 45 heavy (non-hydrogen) atoms. The number of sulfonamides is 1. The summed E-state index contributed by atoms with van der Waals surface area (Å²) in [6, 6.07) is -4.24. The van der Waals surface area contributed by atoms with Crippen LogP contribution in [0.4, 0.5) is 4.79 Å². The third-order valence-electron chi connectivity index (χ3n) is 9.27. The number of hydrogen-bond acceptors (Lipinski definition) is 7. The lowest BCUT2D eigenvalue weighted by Crippen LogP contribution is -2.62. The van der Waals surface area contributed by atoms with Crippen molar-refractivity contribution in [1.29, 1.82) is 0 Å². The van der Waals surface area contributed by atoms with Gasteiger partial charge in [-0.25, -0.2) is 17.5 Å². The first-order valence-electron chi connectivity index (χ1n) is 15.9. The van der Waals surface area contributed by atoms with E-state index in [-0.39, 0.29) is 30.8 Å². The number of primary amides is 1. The summed E-state index contributed by atoms with van der Waals surface area (Å²) in [7, 11) is -2.06. The number of ketones is 1. The molecular weight excluding hydrogens is 600 g/mol. The third-order valence-corrected chi connectivity index (χ3v) is 10.5. The molecule has 0 bridgehead atoms. The van der Waals surface area contributed by atoms with E-state index in [4.69, 9.17) is 5.73 Å². The van der Waals surface area contributed by atoms with Crippen molar-refractivity contribution < 1.29 is 32.4 Å². The molecule has 1 heterocycles. The van der Waals surface area contributed by atoms with Crippen LogP contribution in [-0.2, 0) is 29.2 Å². The molecule has 14 heteroatoms. The predicted octanol–water partition coefficient (Wildman–Crippen LogP) is 1.61. The van der Waals surface area contributed by atoms with Crippen LogP contribution in [0.2, 0.25) is 0 Å². The van der Waals surface area contributed by atoms with E-state index in [1.807, 2.05) is 34.6 Å². The van der Waals surface area contributed by atoms with Gasteiger partial charge in [0.1, 0.15) is 12.1 Å². The minimum absolute atomic E-state index is 0.0270. The van der Waals surface area contributed by atoms with Gasteiger partial charge in [-0.1, -0.05) is 74.7 Å². The van der Waals surface area contributed by atoms with Crippen molar-refractivity contribution in [3.05, 3.63) is 0 Å². The Hall–Kier alpha value is -2.74. The summed E-state index contributed by atoms with van der Waals surface area (Å²) in [6.07, 6.45) is 4.79. The van der Waals surface area contributed by atoms with Crippen molar-refractivity contribution in [2.24, 2.45) is 34.3 Å². The molecule has 1 saturated heterocycles. The van der Waals surface area contributed by atoms with Gasteiger partial charge in [0.2, 0.25) is 27.6 Å². The quantitative estimate of drug-likeness (QED) is 0.217. The minimum Gasteiger partial charge on any atom is -0.363 e. The maximum atomic E-state index is 14.2. The Bertz CT molecular complexity index is 1220. The van der Waals surface area contributed by atoms with Gasteiger partial charge in [0.25, 0.3) is 5.91 Å². The molecule has 13 nitrogen and oxygen atoms in total. The van der Waals surface area contributed by atoms with Crippen molar-refractivity contribution in [1.82, 2.24) is 25.2 Å². The summed E-state index contributed by atoms with van der Waals surface area (Å²) in [6.45, 7) is 15.3. The molecule has 1 aliphatic heterocycles. The number of amides is 5. The highest BCUT2D eigenvalue weighted by Gasteiger charge is 2.48. The second-order valence-corrected chi connectivity index (χ2v) is 17.5. The highest BCUT2D eigenvalue weighted by Crippen LogP contribution is 2.34. The van der Waals surface area contributed by atoms with Crippen LogP contribution < -0.4 is 21.7 Å². The summed E-state index contributed by atoms with van der Waals surface area (Å²) >= 11 is 0. The van der Waals surface area contributed by atoms with Crippen molar-refractivity contribution in [3.8, 4) is 0 Å². The average molecular weight is 657 g/mol. The molecule has 258 valence electrons. The Morgan fingerprint density at radius 2 is 1.51 bits per heavy atom. The molecule has 0 aromatic carbocycles. The summed E-state index contributed by atoms with van der Waals surface area (Å²) in [5.74, 6) is -2.91. The lowest BCUT2D eigenvalue weighted by atomic mass is 9.80. The zero-order valence-corrected chi connectivity index (χ0v) is 29.5. The molecule has 1 saturated carbocycles. The topological polar surface area (TPSA) is 188 Å². The highest BCUT2D eigenvalue weighted by atomic mass is 32.2. The van der Waals surface area contributed by atoms with Crippen LogP contribution in [0.5, 0.6) is 0 Å². The number of rotatable bonds is 13. The van der Waals surface area contributed by atoms with E-state index < -0.39 is 74.6 Å². The van der Waals surface area contributed by atoms with Crippen molar-refractivity contribution in [3.63, 3.8) is 0 Å². The molecule has 5 N–H and O–H groups in total. The van der Waals surface area contributed by atoms with Gasteiger partial charge in [-0.3, -0.25) is 19.2 Å². The van der Waals surface area contributed by atoms with Gasteiger partial charge in [-0.2, -0.15) is 0 Å². The monoisotopic (exact) mass is 656 g/mol. The van der Waals surface area contributed by atoms with Gasteiger partial charge < -0.3 is 26.6 Å². The fraction of sp³-hybridized carbons (Fsp3) is 0.839. The maximum absolute atomic E-state index is 14.2. The van der Waals surface area contributed by atoms with E-state index in [2.05, 4.69) is 16.0 Å². The number of carbonyl (C=O) groups excluding carboxylic acids is 5. The lowest BCUT2D eigenvalue weighted by Gasteiger charge is -2.38. The largest absolute Gasteiger partial charge is 0.363 e. The zero-order chi connectivity index (χ0) is 34.7. The minimum atomic E-state index is -3.50. The number of nitrogens with one attached hydrogen (secondary N) is 3. The Labute approximate surface area is 269 Å². The molecule has 5 amide bonds. The Kier molecular flexibility index (Phi) is 12.6. The number of nitrogens with two attached hydrogens (primary N) is 1. The van der Waals surface area contributed by atoms with Crippen LogP contribution in [0.15, 0.2) is 0 Å². The second-order valence-electron chi connectivity index (χ2n) is 15.4. The van der Waals surface area contributed by atoms with Crippen LogP contribution >= 0.6 is 0 Å². The molecular formula is C31H56N6O7S. The average Bonchev–Trinajstić information content (AvgIpc) is 3.31. The zero-order valence-electron chi connectivity index (χ0n) is 28.7. The second kappa shape index (κ2) is 14.8. The van der Waals surface area contributed by atoms with Gasteiger partial charge in [0.15, 0.2) is 0 Å². The Morgan fingerprint density at radius 3 is 1.93 bits per heavy atom. The molecule has 0 spiro atoms. The number of likely N-dealkylation sites (N-methyl/N-ethyl adjacent to an activating group) is 1. The predicted molar refractivity (Wildman–Crippen MR) is 172 cm³/mol. The molecule has 0 radical (unpaired) electrons. The summed E-state index contributed by atoms with van der Waals surface area (Å²) in [4.78, 5) is 67.5. The van der Waals surface area contributed by atoms with E-state index in [1.54, 1.807) is 20.8 Å². The third kappa shape index (κ3) is 10.4.